The summed E-state index contributed by atoms with van der Waals surface area (Å²) in [5, 5.41) is 2.96. The van der Waals surface area contributed by atoms with Crippen molar-refractivity contribution in [3.05, 3.63) is 42.0 Å². The standard InChI is InChI=1S/C28H41NO4/c1-3-4-5-6-7-8-9-10-11-12-13-14-21-33-28(32)23-16-18-24(19-17-23)29-26-25(30)20-15-22(2)27(26)31/h16-19,26,29H,2-15,20-21H2,1H3. The topological polar surface area (TPSA) is 72.5 Å². The molecule has 5 nitrogen and oxygen atoms in total. The second-order valence-electron chi connectivity index (χ2n) is 9.11. The van der Waals surface area contributed by atoms with E-state index in [1.807, 2.05) is 0 Å². The molecule has 0 radical (unpaired) electrons. The average molecular weight is 456 g/mol. The van der Waals surface area contributed by atoms with Gasteiger partial charge in [0.15, 0.2) is 11.6 Å². The fourth-order valence-electron chi connectivity index (χ4n) is 4.10. The van der Waals surface area contributed by atoms with Gasteiger partial charge in [-0.2, -0.15) is 0 Å². The number of hydrogen-bond donors (Lipinski definition) is 1. The highest BCUT2D eigenvalue weighted by atomic mass is 16.5. The Bertz CT molecular complexity index is 769. The first kappa shape index (κ1) is 26.8. The highest BCUT2D eigenvalue weighted by molar-refractivity contribution is 6.17. The van der Waals surface area contributed by atoms with Crippen LogP contribution in [0.15, 0.2) is 36.4 Å². The smallest absolute Gasteiger partial charge is 0.338 e. The molecule has 1 fully saturated rings. The number of rotatable bonds is 16. The number of unbranched alkanes of at least 4 members (excludes halogenated alkanes) is 11. The number of hydrogen-bond acceptors (Lipinski definition) is 5. The van der Waals surface area contributed by atoms with Gasteiger partial charge in [0, 0.05) is 12.1 Å². The van der Waals surface area contributed by atoms with Gasteiger partial charge in [-0.05, 0) is 42.7 Å². The highest BCUT2D eigenvalue weighted by Crippen LogP contribution is 2.20. The van der Waals surface area contributed by atoms with Gasteiger partial charge in [-0.25, -0.2) is 4.79 Å². The number of esters is 1. The number of ketones is 2. The number of ether oxygens (including phenoxy) is 1. The molecular weight excluding hydrogens is 414 g/mol. The molecule has 0 aromatic heterocycles. The van der Waals surface area contributed by atoms with Gasteiger partial charge in [-0.3, -0.25) is 9.59 Å². The second kappa shape index (κ2) is 15.4. The molecule has 0 aliphatic heterocycles. The minimum Gasteiger partial charge on any atom is -0.462 e. The van der Waals surface area contributed by atoms with E-state index >= 15 is 0 Å². The quantitative estimate of drug-likeness (QED) is 0.128. The number of nitrogens with one attached hydrogen (secondary N) is 1. The van der Waals surface area contributed by atoms with Crippen molar-refractivity contribution in [1.29, 1.82) is 0 Å². The van der Waals surface area contributed by atoms with Crippen LogP contribution in [0.5, 0.6) is 0 Å². The predicted molar refractivity (Wildman–Crippen MR) is 134 cm³/mol. The van der Waals surface area contributed by atoms with Gasteiger partial charge in [-0.1, -0.05) is 84.1 Å². The molecule has 2 rings (SSSR count). The SMILES string of the molecule is C=C1CCC(=O)C(Nc2ccc(C(=O)OCCCCCCCCCCCCCC)cc2)C1=O. The van der Waals surface area contributed by atoms with Crippen molar-refractivity contribution in [1.82, 2.24) is 0 Å². The Hall–Kier alpha value is -2.43. The third kappa shape index (κ3) is 9.93. The molecule has 1 N–H and O–H groups in total. The highest BCUT2D eigenvalue weighted by Gasteiger charge is 2.32. The van der Waals surface area contributed by atoms with Crippen molar-refractivity contribution >= 4 is 23.2 Å². The first-order chi connectivity index (χ1) is 16.0. The Balaban J connectivity index is 1.55. The molecule has 0 spiro atoms. The maximum Gasteiger partial charge on any atom is 0.338 e. The fourth-order valence-corrected chi connectivity index (χ4v) is 4.10. The summed E-state index contributed by atoms with van der Waals surface area (Å²) < 4.78 is 5.38. The van der Waals surface area contributed by atoms with E-state index in [9.17, 15) is 14.4 Å². The molecule has 5 heteroatoms. The largest absolute Gasteiger partial charge is 0.462 e. The van der Waals surface area contributed by atoms with E-state index in [4.69, 9.17) is 4.74 Å². The Morgan fingerprint density at radius 3 is 2.00 bits per heavy atom. The minimum atomic E-state index is -0.880. The van der Waals surface area contributed by atoms with Gasteiger partial charge in [0.25, 0.3) is 0 Å². The molecule has 0 amide bonds. The molecule has 1 saturated carbocycles. The molecule has 0 heterocycles. The molecule has 1 unspecified atom stereocenters. The summed E-state index contributed by atoms with van der Waals surface area (Å²) in [6.07, 6.45) is 16.0. The number of carbonyl (C=O) groups excluding carboxylic acids is 3. The van der Waals surface area contributed by atoms with E-state index in [0.717, 1.165) is 12.8 Å². The van der Waals surface area contributed by atoms with Crippen LogP contribution >= 0.6 is 0 Å². The Morgan fingerprint density at radius 1 is 0.879 bits per heavy atom. The van der Waals surface area contributed by atoms with Crippen LogP contribution < -0.4 is 5.32 Å². The normalized spacial score (nSPS) is 16.2. The van der Waals surface area contributed by atoms with E-state index in [1.165, 1.54) is 64.2 Å². The van der Waals surface area contributed by atoms with Gasteiger partial charge in [0.1, 0.15) is 6.04 Å². The zero-order chi connectivity index (χ0) is 23.9. The van der Waals surface area contributed by atoms with Crippen LogP contribution in [0.1, 0.15) is 107 Å². The number of benzene rings is 1. The van der Waals surface area contributed by atoms with Crippen LogP contribution in [0.4, 0.5) is 5.69 Å². The number of anilines is 1. The molecular formula is C28H41NO4. The second-order valence-corrected chi connectivity index (χ2v) is 9.11. The maximum atomic E-state index is 12.2. The third-order valence-corrected chi connectivity index (χ3v) is 6.27. The molecule has 182 valence electrons. The van der Waals surface area contributed by atoms with Crippen LogP contribution in [0.3, 0.4) is 0 Å². The summed E-state index contributed by atoms with van der Waals surface area (Å²) in [7, 11) is 0. The lowest BCUT2D eigenvalue weighted by atomic mass is 9.89. The van der Waals surface area contributed by atoms with Crippen molar-refractivity contribution in [2.24, 2.45) is 0 Å². The monoisotopic (exact) mass is 455 g/mol. The van der Waals surface area contributed by atoms with Crippen LogP contribution in [0.25, 0.3) is 0 Å². The number of carbonyl (C=O) groups is 3. The molecule has 1 aliphatic carbocycles. The molecule has 1 atom stereocenters. The average Bonchev–Trinajstić information content (AvgIpc) is 2.82. The fraction of sp³-hybridized carbons (Fsp3) is 0.607. The molecule has 33 heavy (non-hydrogen) atoms. The van der Waals surface area contributed by atoms with Gasteiger partial charge >= 0.3 is 5.97 Å². The Morgan fingerprint density at radius 2 is 1.42 bits per heavy atom. The van der Waals surface area contributed by atoms with Crippen molar-refractivity contribution in [2.75, 3.05) is 11.9 Å². The van der Waals surface area contributed by atoms with Crippen molar-refractivity contribution in [3.63, 3.8) is 0 Å². The zero-order valence-electron chi connectivity index (χ0n) is 20.3. The van der Waals surface area contributed by atoms with Crippen molar-refractivity contribution < 1.29 is 19.1 Å². The summed E-state index contributed by atoms with van der Waals surface area (Å²) in [5.41, 5.74) is 1.56. The van der Waals surface area contributed by atoms with Gasteiger partial charge in [0.2, 0.25) is 0 Å². The van der Waals surface area contributed by atoms with E-state index in [1.54, 1.807) is 24.3 Å². The van der Waals surface area contributed by atoms with Gasteiger partial charge in [0.05, 0.1) is 12.2 Å². The lowest BCUT2D eigenvalue weighted by Gasteiger charge is -2.23. The first-order valence-electron chi connectivity index (χ1n) is 12.8. The van der Waals surface area contributed by atoms with Crippen molar-refractivity contribution in [3.8, 4) is 0 Å². The van der Waals surface area contributed by atoms with Crippen LogP contribution in [-0.2, 0) is 14.3 Å². The first-order valence-corrected chi connectivity index (χ1v) is 12.8. The summed E-state index contributed by atoms with van der Waals surface area (Å²) in [5.74, 6) is -0.724. The van der Waals surface area contributed by atoms with E-state index in [-0.39, 0.29) is 17.5 Å². The van der Waals surface area contributed by atoms with Crippen LogP contribution in [-0.4, -0.2) is 30.2 Å². The van der Waals surface area contributed by atoms with Crippen molar-refractivity contribution in [2.45, 2.75) is 103 Å². The lowest BCUT2D eigenvalue weighted by molar-refractivity contribution is -0.128. The van der Waals surface area contributed by atoms with E-state index in [2.05, 4.69) is 18.8 Å². The Kier molecular flexibility index (Phi) is 12.5. The molecule has 1 aromatic carbocycles. The lowest BCUT2D eigenvalue weighted by Crippen LogP contribution is -2.41. The summed E-state index contributed by atoms with van der Waals surface area (Å²) in [6.45, 7) is 6.42. The molecule has 0 bridgehead atoms. The third-order valence-electron chi connectivity index (χ3n) is 6.27. The van der Waals surface area contributed by atoms with Crippen LogP contribution in [0, 0.1) is 0 Å². The summed E-state index contributed by atoms with van der Waals surface area (Å²) in [6, 6.07) is 5.81. The molecule has 1 aliphatic rings. The summed E-state index contributed by atoms with van der Waals surface area (Å²) in [4.78, 5) is 36.4. The van der Waals surface area contributed by atoms with Gasteiger partial charge < -0.3 is 10.1 Å². The van der Waals surface area contributed by atoms with E-state index < -0.39 is 6.04 Å². The summed E-state index contributed by atoms with van der Waals surface area (Å²) >= 11 is 0. The zero-order valence-corrected chi connectivity index (χ0v) is 20.3. The van der Waals surface area contributed by atoms with E-state index in [0.29, 0.717) is 36.3 Å². The number of Topliss-reactive ketones (excluding diaryl/α,β-unsaturated/α-hetero) is 2. The minimum absolute atomic E-state index is 0.127. The van der Waals surface area contributed by atoms with Gasteiger partial charge in [-0.15, -0.1) is 0 Å². The van der Waals surface area contributed by atoms with Crippen LogP contribution in [0.2, 0.25) is 0 Å². The predicted octanol–water partition coefficient (Wildman–Crippen LogP) is 6.81. The Labute approximate surface area is 199 Å². The molecule has 0 saturated heterocycles. The maximum absolute atomic E-state index is 12.2. The molecule has 1 aromatic rings.